The zero-order valence-corrected chi connectivity index (χ0v) is 11.3. The first-order valence-electron chi connectivity index (χ1n) is 6.49. The van der Waals surface area contributed by atoms with Crippen molar-refractivity contribution in [2.24, 2.45) is 0 Å². The van der Waals surface area contributed by atoms with Crippen molar-refractivity contribution in [2.45, 2.75) is 38.9 Å². The Kier molecular flexibility index (Phi) is 6.15. The molecule has 0 radical (unpaired) electrons. The van der Waals surface area contributed by atoms with Gasteiger partial charge in [0.05, 0.1) is 6.61 Å². The van der Waals surface area contributed by atoms with Gasteiger partial charge in [-0.1, -0.05) is 25.1 Å². The number of halogens is 3. The molecule has 0 aliphatic heterocycles. The second-order valence-electron chi connectivity index (χ2n) is 4.23. The summed E-state index contributed by atoms with van der Waals surface area (Å²) in [6, 6.07) is 6.90. The quantitative estimate of drug-likeness (QED) is 0.809. The minimum absolute atomic E-state index is 0.0153. The van der Waals surface area contributed by atoms with Crippen LogP contribution in [-0.2, 0) is 0 Å². The molecule has 0 saturated carbocycles. The van der Waals surface area contributed by atoms with E-state index in [0.717, 1.165) is 5.56 Å². The maximum Gasteiger partial charge on any atom is 0.389 e. The van der Waals surface area contributed by atoms with Gasteiger partial charge < -0.3 is 10.1 Å². The number of nitrogens with one attached hydrogen (secondary N) is 1. The van der Waals surface area contributed by atoms with E-state index in [4.69, 9.17) is 4.74 Å². The first kappa shape index (κ1) is 15.8. The first-order valence-corrected chi connectivity index (χ1v) is 6.49. The van der Waals surface area contributed by atoms with Gasteiger partial charge in [0.2, 0.25) is 0 Å². The molecule has 108 valence electrons. The lowest BCUT2D eigenvalue weighted by molar-refractivity contribution is -0.136. The second kappa shape index (κ2) is 7.38. The monoisotopic (exact) mass is 275 g/mol. The van der Waals surface area contributed by atoms with Gasteiger partial charge in [-0.3, -0.25) is 0 Å². The van der Waals surface area contributed by atoms with Crippen molar-refractivity contribution < 1.29 is 17.9 Å². The average Bonchev–Trinajstić information content (AvgIpc) is 2.35. The fraction of sp³-hybridized carbons (Fsp3) is 0.571. The fourth-order valence-corrected chi connectivity index (χ4v) is 1.98. The highest BCUT2D eigenvalue weighted by molar-refractivity contribution is 5.36. The Labute approximate surface area is 112 Å². The summed E-state index contributed by atoms with van der Waals surface area (Å²) in [6.07, 6.45) is -4.92. The van der Waals surface area contributed by atoms with Crippen molar-refractivity contribution in [3.8, 4) is 5.75 Å². The molecule has 19 heavy (non-hydrogen) atoms. The Hall–Kier alpha value is -1.23. The molecule has 0 heterocycles. The normalized spacial score (nSPS) is 13.3. The van der Waals surface area contributed by atoms with Gasteiger partial charge in [0.15, 0.2) is 0 Å². The highest BCUT2D eigenvalue weighted by Gasteiger charge is 2.29. The van der Waals surface area contributed by atoms with Gasteiger partial charge in [0, 0.05) is 18.0 Å². The largest absolute Gasteiger partial charge is 0.494 e. The van der Waals surface area contributed by atoms with Crippen LogP contribution >= 0.6 is 0 Å². The van der Waals surface area contributed by atoms with Crippen LogP contribution in [-0.4, -0.2) is 19.3 Å². The van der Waals surface area contributed by atoms with Crippen LogP contribution in [0.4, 0.5) is 13.2 Å². The van der Waals surface area contributed by atoms with Gasteiger partial charge in [-0.15, -0.1) is 0 Å². The molecular formula is C14H20F3NO. The Balaban J connectivity index is 2.85. The number of benzene rings is 1. The lowest BCUT2D eigenvalue weighted by Gasteiger charge is -2.21. The van der Waals surface area contributed by atoms with Crippen molar-refractivity contribution in [3.63, 3.8) is 0 Å². The SMILES string of the molecule is CCNC(CCC(F)(F)F)c1ccccc1OCC. The van der Waals surface area contributed by atoms with Crippen LogP contribution in [0.3, 0.4) is 0 Å². The minimum atomic E-state index is -4.13. The average molecular weight is 275 g/mol. The third-order valence-electron chi connectivity index (χ3n) is 2.76. The maximum atomic E-state index is 12.4. The van der Waals surface area contributed by atoms with E-state index in [9.17, 15) is 13.2 Å². The Morgan fingerprint density at radius 3 is 2.47 bits per heavy atom. The molecule has 1 aromatic carbocycles. The predicted octanol–water partition coefficient (Wildman–Crippen LogP) is 4.08. The topological polar surface area (TPSA) is 21.3 Å². The molecule has 2 nitrogen and oxygen atoms in total. The number of hydrogen-bond donors (Lipinski definition) is 1. The third kappa shape index (κ3) is 5.51. The van der Waals surface area contributed by atoms with Gasteiger partial charge in [0.1, 0.15) is 5.75 Å². The summed E-state index contributed by atoms with van der Waals surface area (Å²) in [5.41, 5.74) is 0.787. The first-order chi connectivity index (χ1) is 8.98. The van der Waals surface area contributed by atoms with Crippen molar-refractivity contribution in [2.75, 3.05) is 13.2 Å². The van der Waals surface area contributed by atoms with Crippen LogP contribution in [0.15, 0.2) is 24.3 Å². The van der Waals surface area contributed by atoms with Gasteiger partial charge in [-0.25, -0.2) is 0 Å². The van der Waals surface area contributed by atoms with Crippen molar-refractivity contribution >= 4 is 0 Å². The summed E-state index contributed by atoms with van der Waals surface area (Å²) < 4.78 is 42.6. The molecule has 5 heteroatoms. The molecule has 0 aromatic heterocycles. The smallest absolute Gasteiger partial charge is 0.389 e. The second-order valence-corrected chi connectivity index (χ2v) is 4.23. The van der Waals surface area contributed by atoms with Crippen molar-refractivity contribution in [3.05, 3.63) is 29.8 Å². The van der Waals surface area contributed by atoms with Crippen LogP contribution in [0, 0.1) is 0 Å². The number of rotatable bonds is 7. The molecule has 0 fully saturated rings. The van der Waals surface area contributed by atoms with Gasteiger partial charge in [-0.05, 0) is 26.0 Å². The molecule has 1 aromatic rings. The molecule has 1 unspecified atom stereocenters. The van der Waals surface area contributed by atoms with E-state index < -0.39 is 12.6 Å². The fourth-order valence-electron chi connectivity index (χ4n) is 1.98. The molecule has 0 amide bonds. The summed E-state index contributed by atoms with van der Waals surface area (Å²) in [5.74, 6) is 0.651. The molecule has 0 aliphatic rings. The number of alkyl halides is 3. The van der Waals surface area contributed by atoms with Crippen molar-refractivity contribution in [1.29, 1.82) is 0 Å². The molecule has 0 spiro atoms. The number of hydrogen-bond acceptors (Lipinski definition) is 2. The van der Waals surface area contributed by atoms with Crippen LogP contribution < -0.4 is 10.1 Å². The number of ether oxygens (including phenoxy) is 1. The lowest BCUT2D eigenvalue weighted by atomic mass is 10.0. The summed E-state index contributed by atoms with van der Waals surface area (Å²) >= 11 is 0. The Morgan fingerprint density at radius 2 is 1.89 bits per heavy atom. The summed E-state index contributed by atoms with van der Waals surface area (Å²) in [7, 11) is 0. The van der Waals surface area contributed by atoms with E-state index in [2.05, 4.69) is 5.32 Å². The molecule has 0 saturated heterocycles. The van der Waals surface area contributed by atoms with Crippen LogP contribution in [0.25, 0.3) is 0 Å². The van der Waals surface area contributed by atoms with Gasteiger partial charge >= 0.3 is 6.18 Å². The zero-order chi connectivity index (χ0) is 14.3. The van der Waals surface area contributed by atoms with E-state index in [0.29, 0.717) is 18.9 Å². The zero-order valence-electron chi connectivity index (χ0n) is 11.3. The Bertz CT molecular complexity index is 379. The van der Waals surface area contributed by atoms with E-state index in [1.165, 1.54) is 0 Å². The predicted molar refractivity (Wildman–Crippen MR) is 69.3 cm³/mol. The van der Waals surface area contributed by atoms with Gasteiger partial charge in [-0.2, -0.15) is 13.2 Å². The third-order valence-corrected chi connectivity index (χ3v) is 2.76. The van der Waals surface area contributed by atoms with E-state index in [1.807, 2.05) is 32.0 Å². The number of para-hydroxylation sites is 1. The van der Waals surface area contributed by atoms with Crippen LogP contribution in [0.2, 0.25) is 0 Å². The van der Waals surface area contributed by atoms with E-state index >= 15 is 0 Å². The lowest BCUT2D eigenvalue weighted by Crippen LogP contribution is -2.23. The molecule has 0 aliphatic carbocycles. The standard InChI is InChI=1S/C14H20F3NO/c1-3-18-12(9-10-14(15,16)17)11-7-5-6-8-13(11)19-4-2/h5-8,12,18H,3-4,9-10H2,1-2H3. The van der Waals surface area contributed by atoms with E-state index in [-0.39, 0.29) is 12.5 Å². The highest BCUT2D eigenvalue weighted by Crippen LogP contribution is 2.32. The molecular weight excluding hydrogens is 255 g/mol. The summed E-state index contributed by atoms with van der Waals surface area (Å²) in [6.45, 7) is 4.84. The van der Waals surface area contributed by atoms with Crippen molar-refractivity contribution in [1.82, 2.24) is 5.32 Å². The van der Waals surface area contributed by atoms with Gasteiger partial charge in [0.25, 0.3) is 0 Å². The summed E-state index contributed by atoms with van der Waals surface area (Å²) in [5, 5.41) is 3.09. The highest BCUT2D eigenvalue weighted by atomic mass is 19.4. The molecule has 1 N–H and O–H groups in total. The minimum Gasteiger partial charge on any atom is -0.494 e. The summed E-state index contributed by atoms with van der Waals surface area (Å²) in [4.78, 5) is 0. The molecule has 1 rings (SSSR count). The van der Waals surface area contributed by atoms with E-state index in [1.54, 1.807) is 6.07 Å². The van der Waals surface area contributed by atoms with Crippen LogP contribution in [0.1, 0.15) is 38.3 Å². The molecule has 0 bridgehead atoms. The maximum absolute atomic E-state index is 12.4. The Morgan fingerprint density at radius 1 is 1.21 bits per heavy atom. The van der Waals surface area contributed by atoms with Crippen LogP contribution in [0.5, 0.6) is 5.75 Å². The molecule has 1 atom stereocenters.